The Morgan fingerprint density at radius 3 is 1.42 bits per heavy atom. The van der Waals surface area contributed by atoms with Crippen molar-refractivity contribution in [1.82, 2.24) is 0 Å². The molecule has 5 aromatic rings. The molecule has 0 bridgehead atoms. The zero-order valence-corrected chi connectivity index (χ0v) is 36.4. The predicted molar refractivity (Wildman–Crippen MR) is 245 cm³/mol. The van der Waals surface area contributed by atoms with Crippen molar-refractivity contribution in [2.45, 2.75) is 103 Å². The third kappa shape index (κ3) is 10.7. The van der Waals surface area contributed by atoms with Gasteiger partial charge in [-0.05, 0) is 101 Å². The Bertz CT molecular complexity index is 2120. The highest BCUT2D eigenvalue weighted by Gasteiger charge is 2.35. The number of aryl methyl sites for hydroxylation is 1. The summed E-state index contributed by atoms with van der Waals surface area (Å²) in [6.45, 7) is 3.04. The maximum atomic E-state index is 15.0. The van der Waals surface area contributed by atoms with E-state index in [1.807, 2.05) is 36.4 Å². The number of rotatable bonds is 18. The number of ketones is 1. The Balaban J connectivity index is 1.16. The number of allylic oxidation sites excluding steroid dienone is 4. The van der Waals surface area contributed by atoms with E-state index in [-0.39, 0.29) is 12.1 Å². The quantitative estimate of drug-likeness (QED) is 0.0823. The summed E-state index contributed by atoms with van der Waals surface area (Å²) < 4.78 is 13.8. The summed E-state index contributed by atoms with van der Waals surface area (Å²) in [4.78, 5) is 15.0. The van der Waals surface area contributed by atoms with E-state index < -0.39 is 0 Å². The zero-order chi connectivity index (χ0) is 39.4. The van der Waals surface area contributed by atoms with Gasteiger partial charge in [-0.25, -0.2) is 0 Å². The summed E-state index contributed by atoms with van der Waals surface area (Å²) in [5.74, 6) is 0.869. The predicted octanol–water partition coefficient (Wildman–Crippen LogP) is 15.4. The van der Waals surface area contributed by atoms with Crippen molar-refractivity contribution >= 4 is 59.9 Å². The second kappa shape index (κ2) is 20.6. The molecule has 3 nitrogen and oxygen atoms in total. The molecule has 0 amide bonds. The largest absolute Gasteiger partial charge is 0.465 e. The van der Waals surface area contributed by atoms with Gasteiger partial charge in [0.05, 0.1) is 6.61 Å². The summed E-state index contributed by atoms with van der Waals surface area (Å²) in [5, 5.41) is 0. The molecule has 0 saturated carbocycles. The Labute approximate surface area is 356 Å². The molecule has 57 heavy (non-hydrogen) atoms. The van der Waals surface area contributed by atoms with E-state index in [4.69, 9.17) is 9.47 Å². The van der Waals surface area contributed by atoms with Crippen LogP contribution < -0.4 is 4.74 Å². The van der Waals surface area contributed by atoms with E-state index in [2.05, 4.69) is 124 Å². The average Bonchev–Trinajstić information content (AvgIpc) is 3.55. The lowest BCUT2D eigenvalue weighted by Gasteiger charge is -2.23. The van der Waals surface area contributed by atoms with Gasteiger partial charge < -0.3 is 9.47 Å². The molecule has 1 aliphatic heterocycles. The molecule has 7 rings (SSSR count). The van der Waals surface area contributed by atoms with Gasteiger partial charge in [-0.15, -0.1) is 0 Å². The van der Waals surface area contributed by atoms with E-state index in [0.29, 0.717) is 0 Å². The molecule has 0 aromatic heterocycles. The van der Waals surface area contributed by atoms with Gasteiger partial charge >= 0.3 is 0 Å². The molecule has 1 aliphatic carbocycles. The minimum absolute atomic E-state index is 0.0503. The molecule has 2 aliphatic rings. The molecule has 0 spiro atoms. The van der Waals surface area contributed by atoms with E-state index in [1.165, 1.54) is 69.8 Å². The number of carbonyl (C=O) groups is 1. The van der Waals surface area contributed by atoms with Crippen molar-refractivity contribution in [3.63, 3.8) is 0 Å². The lowest BCUT2D eigenvalue weighted by molar-refractivity contribution is -0.108. The number of halogens is 2. The third-order valence-electron chi connectivity index (χ3n) is 11.3. The van der Waals surface area contributed by atoms with Crippen LogP contribution in [-0.2, 0) is 16.0 Å². The fraction of sp³-hybridized carbons (Fsp3) is 0.327. The van der Waals surface area contributed by atoms with Crippen molar-refractivity contribution in [3.05, 3.63) is 158 Å². The number of hydrogen-bond donors (Lipinski definition) is 0. The van der Waals surface area contributed by atoms with Gasteiger partial charge in [-0.2, -0.15) is 0 Å². The third-order valence-corrected chi connectivity index (χ3v) is 12.4. The number of Topliss-reactive ketones (excluding diaryl/α,β-unsaturated/α-hetero) is 1. The molecule has 5 aromatic carbocycles. The zero-order valence-electron chi connectivity index (χ0n) is 33.2. The van der Waals surface area contributed by atoms with Crippen LogP contribution in [0.4, 0.5) is 0 Å². The second-order valence-corrected chi connectivity index (χ2v) is 17.3. The number of hydrogen-bond acceptors (Lipinski definition) is 3. The van der Waals surface area contributed by atoms with Crippen molar-refractivity contribution in [2.24, 2.45) is 0 Å². The summed E-state index contributed by atoms with van der Waals surface area (Å²) in [6, 6.07) is 42.2. The standard InChI is InChI=1S/C52H54Br2O3/c1-2-3-4-5-6-7-8-9-10-11-14-37-16-18-42(19-17-37)50-49(41-24-30-44(53)31-25-41)48(51(52(50)55)43-26-32-45(54)33-27-43)40-22-20-38(21-23-40)39-28-34-46(35-29-39)57-47-15-12-13-36-56-47/h16-35,47H,2-15,36H2,1H3. The van der Waals surface area contributed by atoms with Crippen molar-refractivity contribution in [2.75, 3.05) is 6.61 Å². The summed E-state index contributed by atoms with van der Waals surface area (Å²) in [5.41, 5.74) is 10.8. The Kier molecular flexibility index (Phi) is 14.9. The first-order valence-electron chi connectivity index (χ1n) is 21.1. The maximum absolute atomic E-state index is 15.0. The van der Waals surface area contributed by atoms with Gasteiger partial charge in [0.2, 0.25) is 0 Å². The first kappa shape index (κ1) is 41.1. The maximum Gasteiger partial charge on any atom is 0.199 e. The minimum atomic E-state index is -0.170. The van der Waals surface area contributed by atoms with Gasteiger partial charge in [0.1, 0.15) is 5.75 Å². The number of benzene rings is 5. The lowest BCUT2D eigenvalue weighted by Crippen LogP contribution is -2.24. The van der Waals surface area contributed by atoms with E-state index >= 15 is 0 Å². The molecule has 1 saturated heterocycles. The van der Waals surface area contributed by atoms with Crippen LogP contribution in [0.15, 0.2) is 130 Å². The number of carbonyl (C=O) groups excluding carboxylic acids is 1. The summed E-state index contributed by atoms with van der Waals surface area (Å²) >= 11 is 7.26. The molecule has 5 heteroatoms. The summed E-state index contributed by atoms with van der Waals surface area (Å²) in [6.07, 6.45) is 17.4. The van der Waals surface area contributed by atoms with Crippen LogP contribution in [0.3, 0.4) is 0 Å². The van der Waals surface area contributed by atoms with Crippen molar-refractivity contribution in [1.29, 1.82) is 0 Å². The van der Waals surface area contributed by atoms with Crippen molar-refractivity contribution in [3.8, 4) is 16.9 Å². The Hall–Kier alpha value is -4.03. The SMILES string of the molecule is CCCCCCCCCCCCc1ccc(C2=C(c3ccc(Br)cc3)C(c3ccc(-c4ccc(OC5CCCCO5)cc4)cc3)=C(c3ccc(Br)cc3)C2=O)cc1. The van der Waals surface area contributed by atoms with Crippen LogP contribution in [0.5, 0.6) is 5.75 Å². The number of ether oxygens (including phenoxy) is 2. The highest BCUT2D eigenvalue weighted by Crippen LogP contribution is 2.50. The van der Waals surface area contributed by atoms with Gasteiger partial charge in [0.15, 0.2) is 12.1 Å². The topological polar surface area (TPSA) is 35.5 Å². The lowest BCUT2D eigenvalue weighted by atomic mass is 9.88. The fourth-order valence-corrected chi connectivity index (χ4v) is 8.66. The van der Waals surface area contributed by atoms with Crippen LogP contribution >= 0.6 is 31.9 Å². The molecular weight excluding hydrogens is 832 g/mol. The normalized spacial score (nSPS) is 15.8. The van der Waals surface area contributed by atoms with Crippen LogP contribution in [0.2, 0.25) is 0 Å². The van der Waals surface area contributed by atoms with Crippen LogP contribution in [-0.4, -0.2) is 18.7 Å². The van der Waals surface area contributed by atoms with Gasteiger partial charge in [0.25, 0.3) is 0 Å². The average molecular weight is 887 g/mol. The Morgan fingerprint density at radius 1 is 0.509 bits per heavy atom. The molecule has 1 unspecified atom stereocenters. The molecule has 1 fully saturated rings. The highest BCUT2D eigenvalue weighted by molar-refractivity contribution is 9.10. The fourth-order valence-electron chi connectivity index (χ4n) is 8.13. The Morgan fingerprint density at radius 2 is 0.930 bits per heavy atom. The van der Waals surface area contributed by atoms with Gasteiger partial charge in [-0.3, -0.25) is 4.79 Å². The van der Waals surface area contributed by atoms with E-state index in [1.54, 1.807) is 0 Å². The first-order valence-corrected chi connectivity index (χ1v) is 22.7. The molecule has 1 atom stereocenters. The van der Waals surface area contributed by atoms with Crippen molar-refractivity contribution < 1.29 is 14.3 Å². The molecule has 1 heterocycles. The molecule has 0 radical (unpaired) electrons. The first-order chi connectivity index (χ1) is 28.0. The van der Waals surface area contributed by atoms with Gasteiger partial charge in [-0.1, -0.05) is 182 Å². The van der Waals surface area contributed by atoms with E-state index in [9.17, 15) is 4.79 Å². The molecule has 0 N–H and O–H groups in total. The smallest absolute Gasteiger partial charge is 0.199 e. The van der Waals surface area contributed by atoms with Gasteiger partial charge in [0, 0.05) is 37.7 Å². The monoisotopic (exact) mass is 884 g/mol. The van der Waals surface area contributed by atoms with E-state index in [0.717, 1.165) is 103 Å². The summed E-state index contributed by atoms with van der Waals surface area (Å²) in [7, 11) is 0. The van der Waals surface area contributed by atoms with Crippen LogP contribution in [0.25, 0.3) is 33.4 Å². The highest BCUT2D eigenvalue weighted by atomic mass is 79.9. The van der Waals surface area contributed by atoms with Crippen LogP contribution in [0.1, 0.15) is 118 Å². The molecular formula is C52H54Br2O3. The second-order valence-electron chi connectivity index (χ2n) is 15.5. The van der Waals surface area contributed by atoms with Crippen LogP contribution in [0, 0.1) is 0 Å². The molecule has 294 valence electrons. The minimum Gasteiger partial charge on any atom is -0.465 e. The number of unbranched alkanes of at least 4 members (excludes halogenated alkanes) is 9.